The Morgan fingerprint density at radius 1 is 1.28 bits per heavy atom. The fourth-order valence-electron chi connectivity index (χ4n) is 2.34. The molecule has 2 aromatic rings. The number of hydrogen-bond acceptors (Lipinski definition) is 3. The summed E-state index contributed by atoms with van der Waals surface area (Å²) in [6, 6.07) is 4.23. The molecule has 0 saturated heterocycles. The number of aryl methyl sites for hydroxylation is 3. The average Bonchev–Trinajstić information content (AvgIpc) is 2.69. The van der Waals surface area contributed by atoms with Gasteiger partial charge in [-0.15, -0.1) is 0 Å². The highest BCUT2D eigenvalue weighted by Gasteiger charge is 2.15. The first-order valence-corrected chi connectivity index (χ1v) is 5.95. The molecule has 96 valence electrons. The maximum atomic E-state index is 5.75. The van der Waals surface area contributed by atoms with E-state index >= 15 is 0 Å². The van der Waals surface area contributed by atoms with Gasteiger partial charge in [-0.2, -0.15) is 5.10 Å². The van der Waals surface area contributed by atoms with E-state index in [9.17, 15) is 0 Å². The molecule has 0 amide bonds. The Hall–Kier alpha value is -1.81. The summed E-state index contributed by atoms with van der Waals surface area (Å²) in [7, 11) is 3.59. The molecule has 1 aromatic carbocycles. The van der Waals surface area contributed by atoms with Gasteiger partial charge in [0.1, 0.15) is 5.75 Å². The molecule has 0 atom stereocenters. The van der Waals surface area contributed by atoms with Gasteiger partial charge < -0.3 is 10.5 Å². The van der Waals surface area contributed by atoms with E-state index in [4.69, 9.17) is 10.5 Å². The van der Waals surface area contributed by atoms with Crippen LogP contribution in [-0.4, -0.2) is 16.9 Å². The largest absolute Gasteiger partial charge is 0.496 e. The van der Waals surface area contributed by atoms with Crippen LogP contribution in [0.5, 0.6) is 5.75 Å². The van der Waals surface area contributed by atoms with E-state index in [1.165, 1.54) is 5.56 Å². The Kier molecular flexibility index (Phi) is 3.39. The van der Waals surface area contributed by atoms with Gasteiger partial charge in [0.25, 0.3) is 0 Å². The van der Waals surface area contributed by atoms with Crippen molar-refractivity contribution in [2.45, 2.75) is 20.4 Å². The van der Waals surface area contributed by atoms with Crippen molar-refractivity contribution in [2.24, 2.45) is 12.8 Å². The van der Waals surface area contributed by atoms with Crippen molar-refractivity contribution in [3.63, 3.8) is 0 Å². The Balaban J connectivity index is 2.69. The molecular formula is C14H19N3O. The average molecular weight is 245 g/mol. The van der Waals surface area contributed by atoms with Gasteiger partial charge in [-0.25, -0.2) is 0 Å². The molecule has 1 heterocycles. The molecule has 2 rings (SSSR count). The van der Waals surface area contributed by atoms with E-state index in [0.29, 0.717) is 6.54 Å². The molecular weight excluding hydrogens is 226 g/mol. The molecule has 2 N–H and O–H groups in total. The second-order valence-corrected chi connectivity index (χ2v) is 4.53. The highest BCUT2D eigenvalue weighted by molar-refractivity contribution is 5.74. The molecule has 18 heavy (non-hydrogen) atoms. The Bertz CT molecular complexity index is 573. The number of nitrogens with zero attached hydrogens (tertiary/aromatic N) is 2. The first kappa shape index (κ1) is 12.6. The van der Waals surface area contributed by atoms with E-state index in [1.807, 2.05) is 20.2 Å². The predicted octanol–water partition coefficient (Wildman–Crippen LogP) is 2.17. The zero-order valence-electron chi connectivity index (χ0n) is 11.3. The van der Waals surface area contributed by atoms with E-state index in [2.05, 4.69) is 24.2 Å². The van der Waals surface area contributed by atoms with Crippen LogP contribution in [0.3, 0.4) is 0 Å². The minimum Gasteiger partial charge on any atom is -0.496 e. The Morgan fingerprint density at radius 3 is 2.61 bits per heavy atom. The maximum Gasteiger partial charge on any atom is 0.129 e. The fraction of sp³-hybridized carbons (Fsp3) is 0.357. The molecule has 0 aliphatic carbocycles. The van der Waals surface area contributed by atoms with Gasteiger partial charge in [-0.3, -0.25) is 4.68 Å². The van der Waals surface area contributed by atoms with Crippen LogP contribution in [0.1, 0.15) is 16.8 Å². The zero-order chi connectivity index (χ0) is 13.3. The zero-order valence-corrected chi connectivity index (χ0v) is 11.3. The summed E-state index contributed by atoms with van der Waals surface area (Å²) in [6.07, 6.45) is 1.99. The number of nitrogens with two attached hydrogens (primary N) is 1. The maximum absolute atomic E-state index is 5.75. The normalized spacial score (nSPS) is 10.7. The first-order chi connectivity index (χ1) is 8.56. The lowest BCUT2D eigenvalue weighted by Crippen LogP contribution is -2.01. The monoisotopic (exact) mass is 245 g/mol. The minimum atomic E-state index is 0.423. The van der Waals surface area contributed by atoms with Gasteiger partial charge in [0.05, 0.1) is 12.8 Å². The lowest BCUT2D eigenvalue weighted by Gasteiger charge is -2.12. The Labute approximate surface area is 107 Å². The molecule has 0 spiro atoms. The van der Waals surface area contributed by atoms with Crippen molar-refractivity contribution in [1.82, 2.24) is 9.78 Å². The van der Waals surface area contributed by atoms with E-state index < -0.39 is 0 Å². The quantitative estimate of drug-likeness (QED) is 0.901. The topological polar surface area (TPSA) is 53.1 Å². The standard InChI is InChI=1S/C14H19N3O/c1-9-5-10(2)14(18-4)11(6-9)12-8-17(3)16-13(12)7-15/h5-6,8H,7,15H2,1-4H3. The number of ether oxygens (including phenoxy) is 1. The summed E-state index contributed by atoms with van der Waals surface area (Å²) in [6.45, 7) is 4.55. The number of methoxy groups -OCH3 is 1. The second-order valence-electron chi connectivity index (χ2n) is 4.53. The van der Waals surface area contributed by atoms with Gasteiger partial charge in [0.2, 0.25) is 0 Å². The number of benzene rings is 1. The summed E-state index contributed by atoms with van der Waals surface area (Å²) in [5.74, 6) is 0.892. The minimum absolute atomic E-state index is 0.423. The third kappa shape index (κ3) is 2.11. The number of rotatable bonds is 3. The van der Waals surface area contributed by atoms with Crippen LogP contribution in [0.15, 0.2) is 18.3 Å². The molecule has 0 aliphatic rings. The van der Waals surface area contributed by atoms with Crippen molar-refractivity contribution < 1.29 is 4.74 Å². The van der Waals surface area contributed by atoms with E-state index in [1.54, 1.807) is 11.8 Å². The van der Waals surface area contributed by atoms with Crippen molar-refractivity contribution in [1.29, 1.82) is 0 Å². The highest BCUT2D eigenvalue weighted by atomic mass is 16.5. The van der Waals surface area contributed by atoms with Crippen molar-refractivity contribution in [3.05, 3.63) is 35.2 Å². The number of aromatic nitrogens is 2. The van der Waals surface area contributed by atoms with Gasteiger partial charge in [0.15, 0.2) is 0 Å². The number of hydrogen-bond donors (Lipinski definition) is 1. The van der Waals surface area contributed by atoms with Crippen LogP contribution in [0.2, 0.25) is 0 Å². The smallest absolute Gasteiger partial charge is 0.129 e. The fourth-order valence-corrected chi connectivity index (χ4v) is 2.34. The summed E-state index contributed by atoms with van der Waals surface area (Å²) in [4.78, 5) is 0. The molecule has 0 bridgehead atoms. The SMILES string of the molecule is COc1c(C)cc(C)cc1-c1cn(C)nc1CN. The molecule has 4 heteroatoms. The van der Waals surface area contributed by atoms with Crippen molar-refractivity contribution >= 4 is 0 Å². The molecule has 4 nitrogen and oxygen atoms in total. The van der Waals surface area contributed by atoms with Crippen LogP contribution >= 0.6 is 0 Å². The Morgan fingerprint density at radius 2 is 2.00 bits per heavy atom. The second kappa shape index (κ2) is 4.82. The van der Waals surface area contributed by atoms with Gasteiger partial charge in [-0.05, 0) is 31.0 Å². The van der Waals surface area contributed by atoms with Crippen LogP contribution in [0, 0.1) is 13.8 Å². The third-order valence-corrected chi connectivity index (χ3v) is 3.01. The van der Waals surface area contributed by atoms with Crippen LogP contribution in [-0.2, 0) is 13.6 Å². The third-order valence-electron chi connectivity index (χ3n) is 3.01. The molecule has 0 aliphatic heterocycles. The first-order valence-electron chi connectivity index (χ1n) is 5.95. The van der Waals surface area contributed by atoms with E-state index in [0.717, 1.165) is 28.1 Å². The lowest BCUT2D eigenvalue weighted by atomic mass is 9.99. The molecule has 1 aromatic heterocycles. The van der Waals surface area contributed by atoms with Crippen LogP contribution < -0.4 is 10.5 Å². The molecule has 0 fully saturated rings. The predicted molar refractivity (Wildman–Crippen MR) is 72.6 cm³/mol. The van der Waals surface area contributed by atoms with Crippen LogP contribution in [0.25, 0.3) is 11.1 Å². The van der Waals surface area contributed by atoms with Crippen LogP contribution in [0.4, 0.5) is 0 Å². The lowest BCUT2D eigenvalue weighted by molar-refractivity contribution is 0.413. The van der Waals surface area contributed by atoms with Gasteiger partial charge in [-0.1, -0.05) is 6.07 Å². The van der Waals surface area contributed by atoms with Gasteiger partial charge >= 0.3 is 0 Å². The summed E-state index contributed by atoms with van der Waals surface area (Å²) < 4.78 is 7.30. The summed E-state index contributed by atoms with van der Waals surface area (Å²) in [5, 5.41) is 4.38. The van der Waals surface area contributed by atoms with E-state index in [-0.39, 0.29) is 0 Å². The molecule has 0 radical (unpaired) electrons. The molecule has 0 unspecified atom stereocenters. The van der Waals surface area contributed by atoms with Crippen molar-refractivity contribution in [2.75, 3.05) is 7.11 Å². The van der Waals surface area contributed by atoms with Crippen molar-refractivity contribution in [3.8, 4) is 16.9 Å². The summed E-state index contributed by atoms with van der Waals surface area (Å²) in [5.41, 5.74) is 11.1. The molecule has 0 saturated carbocycles. The van der Waals surface area contributed by atoms with Gasteiger partial charge in [0, 0.05) is 30.9 Å². The highest BCUT2D eigenvalue weighted by Crippen LogP contribution is 2.35. The summed E-state index contributed by atoms with van der Waals surface area (Å²) >= 11 is 0.